The van der Waals surface area contributed by atoms with E-state index in [1.54, 1.807) is 18.3 Å². The van der Waals surface area contributed by atoms with Gasteiger partial charge in [-0.3, -0.25) is 14.4 Å². The second-order valence-corrected chi connectivity index (χ2v) is 8.52. The lowest BCUT2D eigenvalue weighted by molar-refractivity contribution is -0.145. The minimum atomic E-state index is -0.695. The zero-order valence-electron chi connectivity index (χ0n) is 16.7. The number of halogens is 1. The van der Waals surface area contributed by atoms with Crippen LogP contribution in [0.15, 0.2) is 42.7 Å². The fraction of sp³-hybridized carbons (Fsp3) is 0.545. The van der Waals surface area contributed by atoms with E-state index < -0.39 is 5.97 Å². The maximum absolute atomic E-state index is 13.5. The van der Waals surface area contributed by atoms with Gasteiger partial charge in [0.2, 0.25) is 0 Å². The van der Waals surface area contributed by atoms with Crippen molar-refractivity contribution in [3.63, 3.8) is 0 Å². The Kier molecular flexibility index (Phi) is 5.96. The van der Waals surface area contributed by atoms with Crippen molar-refractivity contribution in [3.05, 3.63) is 54.1 Å². The molecule has 0 saturated carbocycles. The Bertz CT molecular complexity index is 818. The van der Waals surface area contributed by atoms with Crippen LogP contribution < -0.4 is 0 Å². The number of hydrogen-bond donors (Lipinski definition) is 1. The zero-order valence-corrected chi connectivity index (χ0v) is 16.7. The standard InChI is InChI=1S/C22H29FN4O2/c23-19-5-1-4-18(14-19)15-26-16-20(21(28)29)22(17-26)6-12-25(13-7-22)9-3-11-27-10-2-8-24-27/h1-2,4-5,8,10,14,20H,3,6-7,9,11-13,15-17H2,(H,28,29). The van der Waals surface area contributed by atoms with Crippen LogP contribution in [0.4, 0.5) is 4.39 Å². The number of rotatable bonds is 7. The van der Waals surface area contributed by atoms with Gasteiger partial charge in [0.25, 0.3) is 0 Å². The van der Waals surface area contributed by atoms with Crippen molar-refractivity contribution < 1.29 is 14.3 Å². The van der Waals surface area contributed by atoms with Gasteiger partial charge in [-0.2, -0.15) is 5.10 Å². The van der Waals surface area contributed by atoms with Gasteiger partial charge in [0.1, 0.15) is 5.82 Å². The summed E-state index contributed by atoms with van der Waals surface area (Å²) in [6, 6.07) is 8.55. The third kappa shape index (κ3) is 4.67. The SMILES string of the molecule is O=C(O)C1CN(Cc2cccc(F)c2)CC12CCN(CCCn1cccn1)CC2. The summed E-state index contributed by atoms with van der Waals surface area (Å²) in [6.45, 7) is 5.74. The van der Waals surface area contributed by atoms with E-state index in [0.29, 0.717) is 13.1 Å². The average molecular weight is 400 g/mol. The molecule has 2 aromatic rings. The van der Waals surface area contributed by atoms with Crippen molar-refractivity contribution in [2.75, 3.05) is 32.7 Å². The maximum Gasteiger partial charge on any atom is 0.308 e. The molecule has 1 aromatic carbocycles. The first kappa shape index (κ1) is 20.0. The fourth-order valence-electron chi connectivity index (χ4n) is 5.04. The molecule has 1 spiro atoms. The number of hydrogen-bond acceptors (Lipinski definition) is 4. The van der Waals surface area contributed by atoms with Gasteiger partial charge in [0.15, 0.2) is 0 Å². The van der Waals surface area contributed by atoms with Crippen molar-refractivity contribution >= 4 is 5.97 Å². The highest BCUT2D eigenvalue weighted by molar-refractivity contribution is 5.72. The van der Waals surface area contributed by atoms with Crippen LogP contribution in [0, 0.1) is 17.2 Å². The first-order valence-corrected chi connectivity index (χ1v) is 10.4. The zero-order chi connectivity index (χ0) is 20.3. The lowest BCUT2D eigenvalue weighted by atomic mass is 9.71. The molecule has 2 fully saturated rings. The minimum absolute atomic E-state index is 0.169. The highest BCUT2D eigenvalue weighted by Gasteiger charge is 2.51. The van der Waals surface area contributed by atoms with Crippen LogP contribution in [0.3, 0.4) is 0 Å². The first-order valence-electron chi connectivity index (χ1n) is 10.4. The molecule has 1 unspecified atom stereocenters. The van der Waals surface area contributed by atoms with E-state index in [-0.39, 0.29) is 17.2 Å². The summed E-state index contributed by atoms with van der Waals surface area (Å²) in [5, 5.41) is 14.1. The summed E-state index contributed by atoms with van der Waals surface area (Å²) in [5.74, 6) is -1.28. The van der Waals surface area contributed by atoms with Crippen molar-refractivity contribution in [2.45, 2.75) is 32.4 Å². The Labute approximate surface area is 170 Å². The van der Waals surface area contributed by atoms with Gasteiger partial charge in [-0.1, -0.05) is 12.1 Å². The minimum Gasteiger partial charge on any atom is -0.481 e. The van der Waals surface area contributed by atoms with E-state index in [2.05, 4.69) is 14.9 Å². The number of carbonyl (C=O) groups is 1. The van der Waals surface area contributed by atoms with E-state index in [0.717, 1.165) is 57.5 Å². The van der Waals surface area contributed by atoms with Crippen LogP contribution in [0.25, 0.3) is 0 Å². The fourth-order valence-corrected chi connectivity index (χ4v) is 5.04. The van der Waals surface area contributed by atoms with Crippen LogP contribution >= 0.6 is 0 Å². The Morgan fingerprint density at radius 3 is 2.72 bits per heavy atom. The van der Waals surface area contributed by atoms with Gasteiger partial charge < -0.3 is 10.0 Å². The molecule has 1 atom stereocenters. The number of aryl methyl sites for hydroxylation is 1. The Morgan fingerprint density at radius 1 is 1.21 bits per heavy atom. The van der Waals surface area contributed by atoms with E-state index in [4.69, 9.17) is 0 Å². The lowest BCUT2D eigenvalue weighted by Gasteiger charge is -2.41. The van der Waals surface area contributed by atoms with Crippen LogP contribution in [0.5, 0.6) is 0 Å². The van der Waals surface area contributed by atoms with E-state index in [1.165, 1.54) is 6.07 Å². The number of carboxylic acid groups (broad SMARTS) is 1. The summed E-state index contributed by atoms with van der Waals surface area (Å²) in [4.78, 5) is 16.6. The normalized spacial score (nSPS) is 22.3. The molecule has 29 heavy (non-hydrogen) atoms. The molecule has 3 heterocycles. The van der Waals surface area contributed by atoms with Gasteiger partial charge in [-0.15, -0.1) is 0 Å². The maximum atomic E-state index is 13.5. The van der Waals surface area contributed by atoms with Crippen LogP contribution in [0.2, 0.25) is 0 Å². The van der Waals surface area contributed by atoms with Crippen LogP contribution in [-0.2, 0) is 17.9 Å². The Balaban J connectivity index is 1.33. The molecule has 2 aliphatic heterocycles. The lowest BCUT2D eigenvalue weighted by Crippen LogP contribution is -2.46. The summed E-state index contributed by atoms with van der Waals surface area (Å²) in [6.07, 6.45) is 6.64. The first-order chi connectivity index (χ1) is 14.0. The summed E-state index contributed by atoms with van der Waals surface area (Å²) < 4.78 is 15.5. The summed E-state index contributed by atoms with van der Waals surface area (Å²) in [7, 11) is 0. The average Bonchev–Trinajstić information content (AvgIpc) is 3.32. The topological polar surface area (TPSA) is 61.6 Å². The van der Waals surface area contributed by atoms with Gasteiger partial charge >= 0.3 is 5.97 Å². The number of likely N-dealkylation sites (tertiary alicyclic amines) is 2. The predicted molar refractivity (Wildman–Crippen MR) is 108 cm³/mol. The summed E-state index contributed by atoms with van der Waals surface area (Å²) >= 11 is 0. The number of nitrogens with zero attached hydrogens (tertiary/aromatic N) is 4. The van der Waals surface area contributed by atoms with Crippen LogP contribution in [-0.4, -0.2) is 63.4 Å². The van der Waals surface area contributed by atoms with E-state index in [9.17, 15) is 14.3 Å². The molecular weight excluding hydrogens is 371 g/mol. The van der Waals surface area contributed by atoms with E-state index in [1.807, 2.05) is 23.0 Å². The van der Waals surface area contributed by atoms with Crippen molar-refractivity contribution in [2.24, 2.45) is 11.3 Å². The second-order valence-electron chi connectivity index (χ2n) is 8.52. The molecule has 2 aliphatic rings. The molecule has 0 bridgehead atoms. The number of aliphatic carboxylic acids is 1. The number of benzene rings is 1. The predicted octanol–water partition coefficient (Wildman–Crippen LogP) is 2.71. The second kappa shape index (κ2) is 8.63. The molecule has 7 heteroatoms. The van der Waals surface area contributed by atoms with Gasteiger partial charge in [0, 0.05) is 44.0 Å². The third-order valence-corrected chi connectivity index (χ3v) is 6.58. The smallest absolute Gasteiger partial charge is 0.308 e. The van der Waals surface area contributed by atoms with E-state index >= 15 is 0 Å². The van der Waals surface area contributed by atoms with Crippen LogP contribution in [0.1, 0.15) is 24.8 Å². The third-order valence-electron chi connectivity index (χ3n) is 6.58. The molecule has 6 nitrogen and oxygen atoms in total. The molecular formula is C22H29FN4O2. The number of carboxylic acids is 1. The highest BCUT2D eigenvalue weighted by Crippen LogP contribution is 2.45. The quantitative estimate of drug-likeness (QED) is 0.774. The molecule has 0 aliphatic carbocycles. The van der Waals surface area contributed by atoms with Gasteiger partial charge in [-0.25, -0.2) is 4.39 Å². The number of piperidine rings is 1. The molecule has 2 saturated heterocycles. The largest absolute Gasteiger partial charge is 0.481 e. The van der Waals surface area contributed by atoms with Crippen molar-refractivity contribution in [3.8, 4) is 0 Å². The Hall–Kier alpha value is -2.25. The molecule has 1 aromatic heterocycles. The summed E-state index contributed by atoms with van der Waals surface area (Å²) in [5.41, 5.74) is 0.736. The number of aromatic nitrogens is 2. The van der Waals surface area contributed by atoms with Gasteiger partial charge in [-0.05, 0) is 62.7 Å². The Morgan fingerprint density at radius 2 is 2.03 bits per heavy atom. The van der Waals surface area contributed by atoms with Crippen molar-refractivity contribution in [1.82, 2.24) is 19.6 Å². The monoisotopic (exact) mass is 400 g/mol. The molecule has 1 N–H and O–H groups in total. The highest BCUT2D eigenvalue weighted by atomic mass is 19.1. The van der Waals surface area contributed by atoms with Crippen molar-refractivity contribution in [1.29, 1.82) is 0 Å². The molecule has 0 amide bonds. The van der Waals surface area contributed by atoms with Gasteiger partial charge in [0.05, 0.1) is 5.92 Å². The molecule has 0 radical (unpaired) electrons. The molecule has 156 valence electrons. The molecule has 4 rings (SSSR count).